The summed E-state index contributed by atoms with van der Waals surface area (Å²) < 4.78 is 13.2. The zero-order chi connectivity index (χ0) is 16.5. The van der Waals surface area contributed by atoms with Gasteiger partial charge in [0.1, 0.15) is 11.3 Å². The van der Waals surface area contributed by atoms with Crippen LogP contribution in [0.15, 0.2) is 65.7 Å². The second-order valence-corrected chi connectivity index (χ2v) is 5.22. The minimum atomic E-state index is -0.327. The number of rotatable bonds is 2. The van der Waals surface area contributed by atoms with E-state index in [1.807, 2.05) is 12.1 Å². The lowest BCUT2D eigenvalue weighted by Crippen LogP contribution is -2.06. The van der Waals surface area contributed by atoms with Gasteiger partial charge in [0.05, 0.1) is 11.4 Å². The molecule has 1 N–H and O–H groups in total. The summed E-state index contributed by atoms with van der Waals surface area (Å²) in [5.74, 6) is -0.327. The zero-order valence-electron chi connectivity index (χ0n) is 12.4. The summed E-state index contributed by atoms with van der Waals surface area (Å²) in [6.07, 6.45) is 3.34. The van der Waals surface area contributed by atoms with Crippen LogP contribution in [-0.2, 0) is 0 Å². The molecule has 4 rings (SSSR count). The number of pyridine rings is 2. The van der Waals surface area contributed by atoms with Crippen LogP contribution >= 0.6 is 0 Å². The molecule has 0 saturated heterocycles. The minimum Gasteiger partial charge on any atom is -0.305 e. The van der Waals surface area contributed by atoms with E-state index in [0.29, 0.717) is 28.1 Å². The van der Waals surface area contributed by atoms with Gasteiger partial charge in [-0.25, -0.2) is 14.4 Å². The quantitative estimate of drug-likeness (QED) is 0.616. The highest BCUT2D eigenvalue weighted by atomic mass is 19.1. The number of benzene rings is 1. The Kier molecular flexibility index (Phi) is 3.35. The van der Waals surface area contributed by atoms with Crippen LogP contribution in [0.25, 0.3) is 33.7 Å². The third-order valence-corrected chi connectivity index (χ3v) is 3.63. The van der Waals surface area contributed by atoms with Crippen LogP contribution < -0.4 is 5.56 Å². The average Bonchev–Trinajstić information content (AvgIpc) is 2.62. The van der Waals surface area contributed by atoms with E-state index in [4.69, 9.17) is 0 Å². The van der Waals surface area contributed by atoms with Gasteiger partial charge in [-0.15, -0.1) is 0 Å². The molecule has 0 aliphatic rings. The summed E-state index contributed by atoms with van der Waals surface area (Å²) in [6.45, 7) is 0. The first-order chi connectivity index (χ1) is 11.7. The lowest BCUT2D eigenvalue weighted by Gasteiger charge is -2.10. The van der Waals surface area contributed by atoms with Crippen molar-refractivity contribution in [2.45, 2.75) is 0 Å². The van der Waals surface area contributed by atoms with E-state index in [-0.39, 0.29) is 11.4 Å². The molecule has 5 nitrogen and oxygen atoms in total. The molecular weight excluding hydrogens is 307 g/mol. The smallest absolute Gasteiger partial charge is 0.249 e. The van der Waals surface area contributed by atoms with E-state index >= 15 is 0 Å². The Morgan fingerprint density at radius 1 is 0.792 bits per heavy atom. The van der Waals surface area contributed by atoms with Gasteiger partial charge in [-0.1, -0.05) is 0 Å². The molecule has 0 aliphatic heterocycles. The normalized spacial score (nSPS) is 10.9. The highest BCUT2D eigenvalue weighted by Gasteiger charge is 2.13. The molecule has 24 heavy (non-hydrogen) atoms. The van der Waals surface area contributed by atoms with E-state index in [0.717, 1.165) is 5.56 Å². The molecule has 4 aromatic rings. The molecule has 6 heteroatoms. The van der Waals surface area contributed by atoms with Crippen LogP contribution in [0.4, 0.5) is 4.39 Å². The number of hydrogen-bond donors (Lipinski definition) is 1. The number of aromatic amines is 1. The lowest BCUT2D eigenvalue weighted by atomic mass is 10.0. The monoisotopic (exact) mass is 318 g/mol. The first-order valence-electron chi connectivity index (χ1n) is 7.28. The third kappa shape index (κ3) is 2.54. The molecular formula is C18H11FN4O. The summed E-state index contributed by atoms with van der Waals surface area (Å²) in [7, 11) is 0. The van der Waals surface area contributed by atoms with Crippen molar-refractivity contribution in [1.82, 2.24) is 19.9 Å². The Hall–Kier alpha value is -3.41. The van der Waals surface area contributed by atoms with Crippen molar-refractivity contribution in [3.05, 3.63) is 77.1 Å². The third-order valence-electron chi connectivity index (χ3n) is 3.63. The topological polar surface area (TPSA) is 71.5 Å². The van der Waals surface area contributed by atoms with Gasteiger partial charge in [0.2, 0.25) is 5.56 Å². The first-order valence-corrected chi connectivity index (χ1v) is 7.28. The Morgan fingerprint density at radius 2 is 1.46 bits per heavy atom. The van der Waals surface area contributed by atoms with Crippen LogP contribution in [-0.4, -0.2) is 19.9 Å². The highest BCUT2D eigenvalue weighted by molar-refractivity contribution is 5.84. The molecule has 0 saturated carbocycles. The minimum absolute atomic E-state index is 0.251. The Labute approximate surface area is 135 Å². The van der Waals surface area contributed by atoms with E-state index in [9.17, 15) is 9.18 Å². The van der Waals surface area contributed by atoms with Gasteiger partial charge in [-0.2, -0.15) is 0 Å². The van der Waals surface area contributed by atoms with Crippen molar-refractivity contribution in [1.29, 1.82) is 0 Å². The summed E-state index contributed by atoms with van der Waals surface area (Å²) in [4.78, 5) is 27.4. The molecule has 0 atom stereocenters. The van der Waals surface area contributed by atoms with Gasteiger partial charge < -0.3 is 4.98 Å². The molecule has 0 bridgehead atoms. The van der Waals surface area contributed by atoms with E-state index in [1.54, 1.807) is 30.6 Å². The maximum absolute atomic E-state index is 13.2. The highest BCUT2D eigenvalue weighted by Crippen LogP contribution is 2.30. The molecule has 1 aromatic carbocycles. The average molecular weight is 318 g/mol. The van der Waals surface area contributed by atoms with Crippen molar-refractivity contribution >= 4 is 11.2 Å². The number of nitrogens with zero attached hydrogens (tertiary/aromatic N) is 3. The molecule has 0 unspecified atom stereocenters. The lowest BCUT2D eigenvalue weighted by molar-refractivity contribution is 0.628. The zero-order valence-corrected chi connectivity index (χ0v) is 12.4. The summed E-state index contributed by atoms with van der Waals surface area (Å²) >= 11 is 0. The largest absolute Gasteiger partial charge is 0.305 e. The van der Waals surface area contributed by atoms with Crippen molar-refractivity contribution < 1.29 is 4.39 Å². The molecule has 0 aliphatic carbocycles. The fourth-order valence-electron chi connectivity index (χ4n) is 2.49. The number of halogens is 1. The Balaban J connectivity index is 2.04. The van der Waals surface area contributed by atoms with Crippen LogP contribution in [0.2, 0.25) is 0 Å². The molecule has 116 valence electrons. The van der Waals surface area contributed by atoms with Crippen molar-refractivity contribution in [2.24, 2.45) is 0 Å². The molecule has 3 aromatic heterocycles. The second kappa shape index (κ2) is 5.66. The number of fused-ring (bicyclic) bond motifs is 1. The molecule has 0 radical (unpaired) electrons. The van der Waals surface area contributed by atoms with E-state index in [2.05, 4.69) is 19.9 Å². The molecule has 3 heterocycles. The predicted molar refractivity (Wildman–Crippen MR) is 88.8 cm³/mol. The first kappa shape index (κ1) is 14.2. The molecule has 0 fully saturated rings. The van der Waals surface area contributed by atoms with Crippen molar-refractivity contribution in [3.63, 3.8) is 0 Å². The summed E-state index contributed by atoms with van der Waals surface area (Å²) in [5, 5.41) is 0. The Morgan fingerprint density at radius 3 is 2.21 bits per heavy atom. The second-order valence-electron chi connectivity index (χ2n) is 5.22. The van der Waals surface area contributed by atoms with Gasteiger partial charge in [-0.3, -0.25) is 9.78 Å². The van der Waals surface area contributed by atoms with Crippen molar-refractivity contribution in [2.75, 3.05) is 0 Å². The van der Waals surface area contributed by atoms with Gasteiger partial charge in [-0.05, 0) is 42.5 Å². The Bertz CT molecular complexity index is 1080. The van der Waals surface area contributed by atoms with Crippen LogP contribution in [0, 0.1) is 5.82 Å². The molecule has 0 amide bonds. The predicted octanol–water partition coefficient (Wildman–Crippen LogP) is 3.19. The molecule has 0 spiro atoms. The van der Waals surface area contributed by atoms with Gasteiger partial charge in [0.15, 0.2) is 5.65 Å². The van der Waals surface area contributed by atoms with Crippen LogP contribution in [0.5, 0.6) is 0 Å². The SMILES string of the molecule is O=c1ccc2nc(-c3ccncc3)c(-c3ccc(F)cc3)nc2[nH]1. The van der Waals surface area contributed by atoms with Crippen LogP contribution in [0.3, 0.4) is 0 Å². The summed E-state index contributed by atoms with van der Waals surface area (Å²) in [6, 6.07) is 12.7. The van der Waals surface area contributed by atoms with Crippen molar-refractivity contribution in [3.8, 4) is 22.5 Å². The number of nitrogens with one attached hydrogen (secondary N) is 1. The number of hydrogen-bond acceptors (Lipinski definition) is 4. The van der Waals surface area contributed by atoms with Gasteiger partial charge in [0.25, 0.3) is 0 Å². The maximum atomic E-state index is 13.2. The number of aromatic nitrogens is 4. The van der Waals surface area contributed by atoms with Gasteiger partial charge >= 0.3 is 0 Å². The number of H-pyrrole nitrogens is 1. The van der Waals surface area contributed by atoms with Gasteiger partial charge in [0, 0.05) is 29.6 Å². The van der Waals surface area contributed by atoms with Crippen LogP contribution in [0.1, 0.15) is 0 Å². The van der Waals surface area contributed by atoms with E-state index < -0.39 is 0 Å². The summed E-state index contributed by atoms with van der Waals surface area (Å²) in [5.41, 5.74) is 3.47. The fourth-order valence-corrected chi connectivity index (χ4v) is 2.49. The maximum Gasteiger partial charge on any atom is 0.249 e. The fraction of sp³-hybridized carbons (Fsp3) is 0. The standard InChI is InChI=1S/C18H11FN4O/c19-13-3-1-11(2-4-13)17-16(12-7-9-20-10-8-12)21-14-5-6-15(24)22-18(14)23-17/h1-10H,(H,22,23,24). The van der Waals surface area contributed by atoms with E-state index in [1.165, 1.54) is 18.2 Å².